The van der Waals surface area contributed by atoms with E-state index in [0.29, 0.717) is 37.4 Å². The number of halogens is 3. The molecule has 1 aliphatic heterocycles. The predicted molar refractivity (Wildman–Crippen MR) is 138 cm³/mol. The highest BCUT2D eigenvalue weighted by molar-refractivity contribution is 5.69. The lowest BCUT2D eigenvalue weighted by Crippen LogP contribution is -2.54. The number of aromatic nitrogens is 2. The number of hydrogen-bond donors (Lipinski definition) is 1. The highest BCUT2D eigenvalue weighted by Crippen LogP contribution is 2.36. The van der Waals surface area contributed by atoms with Crippen molar-refractivity contribution < 1.29 is 22.7 Å². The van der Waals surface area contributed by atoms with Gasteiger partial charge in [-0.2, -0.15) is 0 Å². The van der Waals surface area contributed by atoms with E-state index in [1.165, 1.54) is 6.33 Å². The largest absolute Gasteiger partial charge is 0.444 e. The summed E-state index contributed by atoms with van der Waals surface area (Å²) in [6, 6.07) is 2.92. The Labute approximate surface area is 217 Å². The maximum atomic E-state index is 14.1. The van der Waals surface area contributed by atoms with Crippen molar-refractivity contribution in [2.45, 2.75) is 73.0 Å². The second-order valence-electron chi connectivity index (χ2n) is 11.6. The van der Waals surface area contributed by atoms with Crippen molar-refractivity contribution in [2.24, 2.45) is 11.3 Å². The summed E-state index contributed by atoms with van der Waals surface area (Å²) in [6.45, 7) is 16.0. The third-order valence-corrected chi connectivity index (χ3v) is 6.45. The molecule has 3 rings (SSSR count). The molecular weight excluding hydrogens is 483 g/mol. The first kappa shape index (κ1) is 28.5. The normalized spacial score (nSPS) is 18.5. The van der Waals surface area contributed by atoms with Gasteiger partial charge < -0.3 is 19.9 Å². The molecule has 2 unspecified atom stereocenters. The van der Waals surface area contributed by atoms with Crippen LogP contribution in [0.2, 0.25) is 0 Å². The van der Waals surface area contributed by atoms with Gasteiger partial charge >= 0.3 is 6.09 Å². The number of amides is 1. The molecule has 0 saturated carbocycles. The van der Waals surface area contributed by atoms with Crippen molar-refractivity contribution in [3.63, 3.8) is 0 Å². The molecule has 2 aromatic rings. The van der Waals surface area contributed by atoms with Crippen LogP contribution < -0.4 is 10.2 Å². The van der Waals surface area contributed by atoms with Crippen LogP contribution >= 0.6 is 0 Å². The van der Waals surface area contributed by atoms with Crippen molar-refractivity contribution in [3.8, 4) is 0 Å². The van der Waals surface area contributed by atoms with Crippen molar-refractivity contribution in [1.29, 1.82) is 0 Å². The van der Waals surface area contributed by atoms with E-state index >= 15 is 0 Å². The van der Waals surface area contributed by atoms with Gasteiger partial charge in [0.1, 0.15) is 29.4 Å². The molecule has 1 N–H and O–H groups in total. The Morgan fingerprint density at radius 2 is 1.76 bits per heavy atom. The smallest absolute Gasteiger partial charge is 0.410 e. The molecule has 1 aromatic carbocycles. The van der Waals surface area contributed by atoms with E-state index in [9.17, 15) is 18.0 Å². The van der Waals surface area contributed by atoms with E-state index in [-0.39, 0.29) is 29.1 Å². The van der Waals surface area contributed by atoms with E-state index in [1.54, 1.807) is 6.07 Å². The summed E-state index contributed by atoms with van der Waals surface area (Å²) in [6.07, 6.45) is 2.70. The van der Waals surface area contributed by atoms with Crippen LogP contribution in [0.25, 0.3) is 0 Å². The van der Waals surface area contributed by atoms with Crippen molar-refractivity contribution >= 4 is 23.4 Å². The van der Waals surface area contributed by atoms with E-state index in [4.69, 9.17) is 4.74 Å². The third-order valence-electron chi connectivity index (χ3n) is 6.45. The van der Waals surface area contributed by atoms with Crippen molar-refractivity contribution in [2.75, 3.05) is 29.9 Å². The minimum atomic E-state index is -1.25. The fourth-order valence-corrected chi connectivity index (χ4v) is 4.61. The minimum Gasteiger partial charge on any atom is -0.444 e. The lowest BCUT2D eigenvalue weighted by atomic mass is 9.77. The summed E-state index contributed by atoms with van der Waals surface area (Å²) in [4.78, 5) is 25.4. The number of carbonyl (C=O) groups is 1. The van der Waals surface area contributed by atoms with E-state index in [0.717, 1.165) is 18.9 Å². The second-order valence-corrected chi connectivity index (χ2v) is 11.6. The number of rotatable bonds is 6. The predicted octanol–water partition coefficient (Wildman–Crippen LogP) is 6.53. The average molecular weight is 522 g/mol. The van der Waals surface area contributed by atoms with Gasteiger partial charge in [0.2, 0.25) is 0 Å². The zero-order valence-electron chi connectivity index (χ0n) is 22.7. The molecule has 1 aromatic heterocycles. The van der Waals surface area contributed by atoms with Gasteiger partial charge in [0.25, 0.3) is 0 Å². The molecule has 0 spiro atoms. The highest BCUT2D eigenvalue weighted by Gasteiger charge is 2.40. The maximum absolute atomic E-state index is 14.1. The number of nitrogens with zero attached hydrogens (tertiary/aromatic N) is 4. The Balaban J connectivity index is 1.74. The topological polar surface area (TPSA) is 70.6 Å². The van der Waals surface area contributed by atoms with Gasteiger partial charge in [0, 0.05) is 43.9 Å². The SMILES string of the molecule is CCN(CC1CCN(C(=O)OC(C)(C)C)C(C(C)(C)C)C1)c1cc(Nc2cc(F)c(F)cc2F)ncn1. The monoisotopic (exact) mass is 521 g/mol. The Morgan fingerprint density at radius 3 is 2.38 bits per heavy atom. The summed E-state index contributed by atoms with van der Waals surface area (Å²) in [5.41, 5.74) is -0.904. The zero-order chi connectivity index (χ0) is 27.5. The Kier molecular flexibility index (Phi) is 8.59. The van der Waals surface area contributed by atoms with Gasteiger partial charge in [-0.05, 0) is 51.9 Å². The van der Waals surface area contributed by atoms with Crippen LogP contribution in [0.3, 0.4) is 0 Å². The third kappa shape index (κ3) is 7.49. The number of piperidine rings is 1. The summed E-state index contributed by atoms with van der Waals surface area (Å²) < 4.78 is 46.7. The van der Waals surface area contributed by atoms with Gasteiger partial charge in [0.15, 0.2) is 11.6 Å². The molecule has 37 heavy (non-hydrogen) atoms. The lowest BCUT2D eigenvalue weighted by molar-refractivity contribution is -0.0146. The molecule has 2 heterocycles. The van der Waals surface area contributed by atoms with Gasteiger partial charge in [0.05, 0.1) is 5.69 Å². The van der Waals surface area contributed by atoms with Gasteiger partial charge in [-0.25, -0.2) is 27.9 Å². The second kappa shape index (κ2) is 11.1. The molecule has 0 radical (unpaired) electrons. The van der Waals surface area contributed by atoms with Crippen LogP contribution in [-0.2, 0) is 4.74 Å². The molecule has 2 atom stereocenters. The summed E-state index contributed by atoms with van der Waals surface area (Å²) in [5.74, 6) is -2.13. The molecule has 0 aliphatic carbocycles. The number of nitrogens with one attached hydrogen (secondary N) is 1. The number of carbonyl (C=O) groups excluding carboxylic acids is 1. The summed E-state index contributed by atoms with van der Waals surface area (Å²) in [5, 5.41) is 2.71. The molecule has 10 heteroatoms. The van der Waals surface area contributed by atoms with Gasteiger partial charge in [-0.15, -0.1) is 0 Å². The van der Waals surface area contributed by atoms with Gasteiger partial charge in [-0.3, -0.25) is 0 Å². The molecule has 1 saturated heterocycles. The van der Waals surface area contributed by atoms with Crippen LogP contribution in [0.4, 0.5) is 35.3 Å². The van der Waals surface area contributed by atoms with Crippen molar-refractivity contribution in [1.82, 2.24) is 14.9 Å². The first-order valence-corrected chi connectivity index (χ1v) is 12.7. The molecule has 1 aliphatic rings. The number of ether oxygens (including phenoxy) is 1. The number of hydrogen-bond acceptors (Lipinski definition) is 6. The standard InChI is InChI=1S/C27H38F3N5O2/c1-8-34(24-14-23(31-16-32-24)33-21-13-19(29)18(28)12-20(21)30)15-17-9-10-35(22(11-17)26(2,3)4)25(36)37-27(5,6)7/h12-14,16-17,22H,8-11,15H2,1-7H3,(H,31,32,33). The maximum Gasteiger partial charge on any atom is 0.410 e. The van der Waals surface area contributed by atoms with E-state index in [1.807, 2.05) is 32.6 Å². The molecule has 0 bridgehead atoms. The first-order chi connectivity index (χ1) is 17.2. The van der Waals surface area contributed by atoms with Crippen LogP contribution in [0.1, 0.15) is 61.3 Å². The number of benzene rings is 1. The lowest BCUT2D eigenvalue weighted by Gasteiger charge is -2.46. The van der Waals surface area contributed by atoms with Gasteiger partial charge in [-0.1, -0.05) is 20.8 Å². The Morgan fingerprint density at radius 1 is 1.08 bits per heavy atom. The minimum absolute atomic E-state index is 0.0128. The van der Waals surface area contributed by atoms with E-state index < -0.39 is 23.1 Å². The van der Waals surface area contributed by atoms with Crippen LogP contribution in [0, 0.1) is 28.8 Å². The molecule has 1 fully saturated rings. The first-order valence-electron chi connectivity index (χ1n) is 12.7. The molecule has 1 amide bonds. The molecule has 204 valence electrons. The summed E-state index contributed by atoms with van der Waals surface area (Å²) in [7, 11) is 0. The number of anilines is 3. The molecule has 7 nitrogen and oxygen atoms in total. The van der Waals surface area contributed by atoms with Crippen LogP contribution in [0.15, 0.2) is 24.5 Å². The van der Waals surface area contributed by atoms with Crippen LogP contribution in [0.5, 0.6) is 0 Å². The van der Waals surface area contributed by atoms with Crippen LogP contribution in [-0.4, -0.2) is 52.2 Å². The fourth-order valence-electron chi connectivity index (χ4n) is 4.61. The quantitative estimate of drug-likeness (QED) is 0.436. The Bertz CT molecular complexity index is 1100. The van der Waals surface area contributed by atoms with E-state index in [2.05, 4.69) is 41.0 Å². The summed E-state index contributed by atoms with van der Waals surface area (Å²) >= 11 is 0. The van der Waals surface area contributed by atoms with Crippen molar-refractivity contribution in [3.05, 3.63) is 42.0 Å². The number of likely N-dealkylation sites (tertiary alicyclic amines) is 1. The average Bonchev–Trinajstić information content (AvgIpc) is 2.79. The molecular formula is C27H38F3N5O2. The fraction of sp³-hybridized carbons (Fsp3) is 0.593. The Hall–Kier alpha value is -3.04. The zero-order valence-corrected chi connectivity index (χ0v) is 22.7. The highest BCUT2D eigenvalue weighted by atomic mass is 19.2.